The Hall–Kier alpha value is -2.19. The highest BCUT2D eigenvalue weighted by Gasteiger charge is 2.21. The van der Waals surface area contributed by atoms with Crippen LogP contribution >= 0.6 is 22.9 Å². The Labute approximate surface area is 129 Å². The molecule has 0 aliphatic rings. The summed E-state index contributed by atoms with van der Waals surface area (Å²) < 4.78 is 0. The average molecular weight is 327 g/mol. The van der Waals surface area contributed by atoms with E-state index in [0.717, 1.165) is 11.8 Å². The maximum absolute atomic E-state index is 12.3. The Balaban J connectivity index is 2.28. The first-order valence-electron chi connectivity index (χ1n) is 5.76. The van der Waals surface area contributed by atoms with E-state index in [-0.39, 0.29) is 22.0 Å². The highest BCUT2D eigenvalue weighted by molar-refractivity contribution is 7.07. The molecule has 0 fully saturated rings. The van der Waals surface area contributed by atoms with E-state index in [1.807, 2.05) is 5.38 Å². The van der Waals surface area contributed by atoms with Crippen LogP contribution in [-0.2, 0) is 6.54 Å². The van der Waals surface area contributed by atoms with Crippen molar-refractivity contribution in [3.05, 3.63) is 49.4 Å². The van der Waals surface area contributed by atoms with Gasteiger partial charge in [-0.25, -0.2) is 4.98 Å². The van der Waals surface area contributed by atoms with Gasteiger partial charge in [-0.3, -0.25) is 14.9 Å². The van der Waals surface area contributed by atoms with Gasteiger partial charge in [0.25, 0.3) is 11.6 Å². The number of amides is 1. The molecule has 1 amide bonds. The Morgan fingerprint density at radius 3 is 2.86 bits per heavy atom. The highest BCUT2D eigenvalue weighted by Crippen LogP contribution is 2.31. The van der Waals surface area contributed by atoms with Crippen LogP contribution in [0.1, 0.15) is 16.1 Å². The third-order valence-electron chi connectivity index (χ3n) is 2.78. The van der Waals surface area contributed by atoms with E-state index in [0.29, 0.717) is 6.54 Å². The zero-order valence-corrected chi connectivity index (χ0v) is 12.5. The number of carbonyl (C=O) groups excluding carboxylic acids is 1. The van der Waals surface area contributed by atoms with E-state index in [1.165, 1.54) is 22.3 Å². The van der Waals surface area contributed by atoms with E-state index in [9.17, 15) is 14.9 Å². The zero-order chi connectivity index (χ0) is 15.6. The fourth-order valence-corrected chi connectivity index (χ4v) is 2.49. The van der Waals surface area contributed by atoms with Crippen molar-refractivity contribution in [2.24, 2.45) is 0 Å². The van der Waals surface area contributed by atoms with Crippen LogP contribution in [0.15, 0.2) is 23.0 Å². The number of anilines is 1. The van der Waals surface area contributed by atoms with Crippen LogP contribution in [0.2, 0.25) is 5.02 Å². The molecule has 0 atom stereocenters. The molecular weight excluding hydrogens is 316 g/mol. The molecule has 9 heteroatoms. The highest BCUT2D eigenvalue weighted by atomic mass is 35.5. The Bertz CT molecular complexity index is 690. The molecule has 2 N–H and O–H groups in total. The van der Waals surface area contributed by atoms with Gasteiger partial charge < -0.3 is 10.6 Å². The number of halogens is 1. The predicted octanol–water partition coefficient (Wildman–Crippen LogP) is 2.56. The maximum Gasteiger partial charge on any atom is 0.294 e. The largest absolute Gasteiger partial charge is 0.392 e. The quantitative estimate of drug-likeness (QED) is 0.528. The summed E-state index contributed by atoms with van der Waals surface area (Å²) in [5.74, 6) is -0.395. The number of thiazole rings is 1. The van der Waals surface area contributed by atoms with E-state index in [4.69, 9.17) is 17.3 Å². The molecule has 0 spiro atoms. The normalized spacial score (nSPS) is 10.4. The minimum atomic E-state index is -0.668. The number of nitrogens with two attached hydrogens (primary N) is 1. The number of rotatable bonds is 4. The third-order valence-corrected chi connectivity index (χ3v) is 3.73. The van der Waals surface area contributed by atoms with Crippen LogP contribution in [0.3, 0.4) is 0 Å². The number of nitro groups is 1. The van der Waals surface area contributed by atoms with Gasteiger partial charge in [-0.2, -0.15) is 0 Å². The Morgan fingerprint density at radius 1 is 1.57 bits per heavy atom. The zero-order valence-electron chi connectivity index (χ0n) is 10.9. The molecule has 21 heavy (non-hydrogen) atoms. The first kappa shape index (κ1) is 15.2. The average Bonchev–Trinajstić information content (AvgIpc) is 2.93. The molecule has 1 aromatic carbocycles. The lowest BCUT2D eigenvalue weighted by atomic mass is 10.1. The second-order valence-corrected chi connectivity index (χ2v) is 5.41. The molecule has 0 aliphatic carbocycles. The van der Waals surface area contributed by atoms with E-state index in [2.05, 4.69) is 4.98 Å². The van der Waals surface area contributed by atoms with Gasteiger partial charge in [-0.15, -0.1) is 11.3 Å². The van der Waals surface area contributed by atoms with Gasteiger partial charge in [0, 0.05) is 24.1 Å². The van der Waals surface area contributed by atoms with Gasteiger partial charge in [0.2, 0.25) is 0 Å². The predicted molar refractivity (Wildman–Crippen MR) is 80.4 cm³/mol. The van der Waals surface area contributed by atoms with Crippen molar-refractivity contribution >= 4 is 40.2 Å². The molecule has 0 unspecified atom stereocenters. The second kappa shape index (κ2) is 6.06. The van der Waals surface area contributed by atoms with Gasteiger partial charge in [0.1, 0.15) is 5.69 Å². The van der Waals surface area contributed by atoms with Crippen LogP contribution in [0.25, 0.3) is 0 Å². The number of hydrogen-bond donors (Lipinski definition) is 1. The van der Waals surface area contributed by atoms with Gasteiger partial charge in [0.15, 0.2) is 0 Å². The summed E-state index contributed by atoms with van der Waals surface area (Å²) in [6.45, 7) is 0.304. The van der Waals surface area contributed by atoms with Crippen molar-refractivity contribution in [2.45, 2.75) is 6.54 Å². The number of nitrogen functional groups attached to an aromatic ring is 1. The number of carbonyl (C=O) groups is 1. The molecular formula is C12H11ClN4O3S. The fourth-order valence-electron chi connectivity index (χ4n) is 1.73. The van der Waals surface area contributed by atoms with Crippen molar-refractivity contribution in [3.8, 4) is 0 Å². The summed E-state index contributed by atoms with van der Waals surface area (Å²) in [4.78, 5) is 28.0. The molecule has 7 nitrogen and oxygen atoms in total. The van der Waals surface area contributed by atoms with Gasteiger partial charge in [0.05, 0.1) is 27.7 Å². The molecule has 2 rings (SSSR count). The summed E-state index contributed by atoms with van der Waals surface area (Å²) in [6, 6.07) is 2.45. The lowest BCUT2D eigenvalue weighted by molar-refractivity contribution is -0.383. The monoisotopic (exact) mass is 326 g/mol. The molecule has 1 aromatic heterocycles. The third kappa shape index (κ3) is 3.29. The van der Waals surface area contributed by atoms with Crippen molar-refractivity contribution in [2.75, 3.05) is 12.8 Å². The lowest BCUT2D eigenvalue weighted by Crippen LogP contribution is -2.26. The number of aromatic nitrogens is 1. The first-order chi connectivity index (χ1) is 9.90. The van der Waals surface area contributed by atoms with Gasteiger partial charge in [-0.05, 0) is 6.07 Å². The topological polar surface area (TPSA) is 102 Å². The van der Waals surface area contributed by atoms with Crippen LogP contribution in [-0.4, -0.2) is 27.8 Å². The lowest BCUT2D eigenvalue weighted by Gasteiger charge is -2.16. The van der Waals surface area contributed by atoms with E-state index < -0.39 is 10.8 Å². The molecule has 0 radical (unpaired) electrons. The second-order valence-electron chi connectivity index (χ2n) is 4.29. The summed E-state index contributed by atoms with van der Waals surface area (Å²) in [6.07, 6.45) is 0. The summed E-state index contributed by atoms with van der Waals surface area (Å²) in [5.41, 5.74) is 7.51. The number of benzene rings is 1. The molecule has 0 saturated carbocycles. The number of nitrogens with zero attached hydrogens (tertiary/aromatic N) is 3. The van der Waals surface area contributed by atoms with Crippen LogP contribution in [0.4, 0.5) is 11.4 Å². The minimum absolute atomic E-state index is 0.0189. The van der Waals surface area contributed by atoms with Crippen molar-refractivity contribution in [1.29, 1.82) is 0 Å². The molecule has 0 saturated heterocycles. The van der Waals surface area contributed by atoms with Crippen LogP contribution in [0.5, 0.6) is 0 Å². The standard InChI is InChI=1S/C12H11ClN4O3S/c1-16(4-8-5-21-6-15-8)12(18)7-2-9(13)11(14)10(3-7)17(19)20/h2-3,5-6H,4,14H2,1H3. The number of nitro benzene ring substituents is 1. The molecule has 2 aromatic rings. The van der Waals surface area contributed by atoms with Crippen molar-refractivity contribution in [1.82, 2.24) is 9.88 Å². The SMILES string of the molecule is CN(Cc1cscn1)C(=O)c1cc(Cl)c(N)c([N+](=O)[O-])c1. The Morgan fingerprint density at radius 2 is 2.29 bits per heavy atom. The molecule has 0 bridgehead atoms. The Kier molecular flexibility index (Phi) is 4.39. The van der Waals surface area contributed by atoms with Crippen LogP contribution in [0, 0.1) is 10.1 Å². The summed E-state index contributed by atoms with van der Waals surface area (Å²) in [5, 5.41) is 12.7. The minimum Gasteiger partial charge on any atom is -0.392 e. The first-order valence-corrected chi connectivity index (χ1v) is 7.08. The van der Waals surface area contributed by atoms with E-state index >= 15 is 0 Å². The van der Waals surface area contributed by atoms with Gasteiger partial charge in [-0.1, -0.05) is 11.6 Å². The van der Waals surface area contributed by atoms with Gasteiger partial charge >= 0.3 is 0 Å². The smallest absolute Gasteiger partial charge is 0.294 e. The summed E-state index contributed by atoms with van der Waals surface area (Å²) in [7, 11) is 1.58. The molecule has 0 aliphatic heterocycles. The number of hydrogen-bond acceptors (Lipinski definition) is 6. The summed E-state index contributed by atoms with van der Waals surface area (Å²) >= 11 is 7.27. The van der Waals surface area contributed by atoms with Crippen molar-refractivity contribution < 1.29 is 9.72 Å². The fraction of sp³-hybridized carbons (Fsp3) is 0.167. The van der Waals surface area contributed by atoms with E-state index in [1.54, 1.807) is 12.6 Å². The van der Waals surface area contributed by atoms with Crippen LogP contribution < -0.4 is 5.73 Å². The maximum atomic E-state index is 12.3. The van der Waals surface area contributed by atoms with Crippen molar-refractivity contribution in [3.63, 3.8) is 0 Å². The molecule has 110 valence electrons. The molecule has 1 heterocycles.